The van der Waals surface area contributed by atoms with Gasteiger partial charge in [-0.05, 0) is 61.9 Å². The van der Waals surface area contributed by atoms with Crippen molar-refractivity contribution in [3.05, 3.63) is 52.6 Å². The van der Waals surface area contributed by atoms with Gasteiger partial charge in [0.05, 0.1) is 33.6 Å². The monoisotopic (exact) mass is 555 g/mol. The quantitative estimate of drug-likeness (QED) is 0.270. The van der Waals surface area contributed by atoms with Gasteiger partial charge in [-0.2, -0.15) is 4.31 Å². The van der Waals surface area contributed by atoms with Crippen molar-refractivity contribution >= 4 is 44.4 Å². The Morgan fingerprint density at radius 3 is 2.72 bits per heavy atom. The van der Waals surface area contributed by atoms with Crippen molar-refractivity contribution < 1.29 is 21.9 Å². The molecule has 2 fully saturated rings. The number of aromatic nitrogens is 2. The lowest BCUT2D eigenvalue weighted by atomic mass is 10.0. The minimum Gasteiger partial charge on any atom is -0.376 e. The van der Waals surface area contributed by atoms with Crippen LogP contribution >= 0.6 is 23.4 Å². The SMILES string of the molecule is C[C@@H]1CCCN(S(=O)(=O)c2ccc3c(c2)nc(SCc2c(F)ccc(F)c2Cl)n3C[C@@H]2CCCO2)C1. The summed E-state index contributed by atoms with van der Waals surface area (Å²) in [5.74, 6) is -0.863. The maximum absolute atomic E-state index is 14.4. The maximum Gasteiger partial charge on any atom is 0.243 e. The van der Waals surface area contributed by atoms with Crippen LogP contribution in [-0.2, 0) is 27.1 Å². The highest BCUT2D eigenvalue weighted by Gasteiger charge is 2.30. The van der Waals surface area contributed by atoms with Gasteiger partial charge in [0.25, 0.3) is 0 Å². The van der Waals surface area contributed by atoms with Crippen LogP contribution in [-0.4, -0.2) is 48.1 Å². The van der Waals surface area contributed by atoms with Crippen molar-refractivity contribution in [2.45, 2.75) is 61.1 Å². The van der Waals surface area contributed by atoms with Crippen LogP contribution in [0.15, 0.2) is 40.4 Å². The fraction of sp³-hybridized carbons (Fsp3) is 0.480. The molecule has 6 nitrogen and oxygen atoms in total. The zero-order chi connectivity index (χ0) is 25.4. The van der Waals surface area contributed by atoms with Crippen LogP contribution < -0.4 is 0 Å². The standard InChI is InChI=1S/C25H28ClF2N3O3S2/c1-16-4-2-10-30(13-16)36(32,33)18-6-9-23-22(12-18)29-25(31(23)14-17-5-3-11-34-17)35-15-19-20(27)7-8-21(28)24(19)26/h6-9,12,16-17H,2-5,10-11,13-15H2,1H3/t16-,17+/m1/s1. The van der Waals surface area contributed by atoms with E-state index >= 15 is 0 Å². The highest BCUT2D eigenvalue weighted by atomic mass is 35.5. The number of thioether (sulfide) groups is 1. The lowest BCUT2D eigenvalue weighted by molar-refractivity contribution is 0.0960. The molecule has 2 saturated heterocycles. The number of benzene rings is 2. The zero-order valence-corrected chi connectivity index (χ0v) is 22.3. The summed E-state index contributed by atoms with van der Waals surface area (Å²) in [6.45, 7) is 4.32. The van der Waals surface area contributed by atoms with Gasteiger partial charge in [-0.1, -0.05) is 30.3 Å². The number of nitrogens with zero attached hydrogens (tertiary/aromatic N) is 3. The van der Waals surface area contributed by atoms with Crippen LogP contribution in [0.5, 0.6) is 0 Å². The molecule has 0 bridgehead atoms. The molecule has 2 atom stereocenters. The van der Waals surface area contributed by atoms with Crippen LogP contribution in [0.25, 0.3) is 11.0 Å². The maximum atomic E-state index is 14.4. The average molecular weight is 556 g/mol. The number of piperidine rings is 1. The molecule has 0 aliphatic carbocycles. The first-order valence-electron chi connectivity index (χ1n) is 12.1. The van der Waals surface area contributed by atoms with E-state index in [-0.39, 0.29) is 27.3 Å². The summed E-state index contributed by atoms with van der Waals surface area (Å²) < 4.78 is 64.3. The molecule has 0 saturated carbocycles. The van der Waals surface area contributed by atoms with Crippen molar-refractivity contribution in [3.8, 4) is 0 Å². The van der Waals surface area contributed by atoms with Crippen molar-refractivity contribution in [1.82, 2.24) is 13.9 Å². The predicted octanol–water partition coefficient (Wildman–Crippen LogP) is 5.86. The van der Waals surface area contributed by atoms with Crippen molar-refractivity contribution in [2.24, 2.45) is 5.92 Å². The van der Waals surface area contributed by atoms with Gasteiger partial charge in [0.15, 0.2) is 5.16 Å². The van der Waals surface area contributed by atoms with Crippen LogP contribution in [0, 0.1) is 17.6 Å². The number of sulfonamides is 1. The fourth-order valence-corrected chi connectivity index (χ4v) is 7.84. The molecule has 0 unspecified atom stereocenters. The van der Waals surface area contributed by atoms with Crippen LogP contribution in [0.3, 0.4) is 0 Å². The molecule has 36 heavy (non-hydrogen) atoms. The lowest BCUT2D eigenvalue weighted by Crippen LogP contribution is -2.39. The minimum atomic E-state index is -3.64. The summed E-state index contributed by atoms with van der Waals surface area (Å²) in [5.41, 5.74) is 1.37. The second-order valence-electron chi connectivity index (χ2n) is 9.51. The van der Waals surface area contributed by atoms with Gasteiger partial charge in [-0.25, -0.2) is 22.2 Å². The normalized spacial score (nSPS) is 21.4. The third-order valence-electron chi connectivity index (χ3n) is 6.84. The number of rotatable bonds is 7. The van der Waals surface area contributed by atoms with Crippen molar-refractivity contribution in [3.63, 3.8) is 0 Å². The molecule has 2 aliphatic heterocycles. The number of hydrogen-bond acceptors (Lipinski definition) is 5. The molecule has 5 rings (SSSR count). The molecular weight excluding hydrogens is 528 g/mol. The topological polar surface area (TPSA) is 64.4 Å². The molecule has 3 heterocycles. The number of fused-ring (bicyclic) bond motifs is 1. The smallest absolute Gasteiger partial charge is 0.243 e. The summed E-state index contributed by atoms with van der Waals surface area (Å²) in [6, 6.07) is 7.07. The summed E-state index contributed by atoms with van der Waals surface area (Å²) in [6.07, 6.45) is 3.76. The van der Waals surface area contributed by atoms with E-state index in [0.29, 0.717) is 42.8 Å². The molecular formula is C25H28ClF2N3O3S2. The van der Waals surface area contributed by atoms with Gasteiger partial charge < -0.3 is 9.30 Å². The van der Waals surface area contributed by atoms with E-state index in [0.717, 1.165) is 43.3 Å². The molecule has 0 N–H and O–H groups in total. The summed E-state index contributed by atoms with van der Waals surface area (Å²) in [5, 5.41) is 0.329. The molecule has 194 valence electrons. The first kappa shape index (κ1) is 25.9. The Kier molecular flexibility index (Phi) is 7.61. The third-order valence-corrected chi connectivity index (χ3v) is 10.1. The van der Waals surface area contributed by atoms with Crippen molar-refractivity contribution in [1.29, 1.82) is 0 Å². The molecule has 2 aromatic carbocycles. The molecule has 1 aromatic heterocycles. The van der Waals surface area contributed by atoms with E-state index < -0.39 is 21.7 Å². The fourth-order valence-electron chi connectivity index (χ4n) is 4.88. The second-order valence-corrected chi connectivity index (χ2v) is 12.8. The predicted molar refractivity (Wildman–Crippen MR) is 137 cm³/mol. The first-order valence-corrected chi connectivity index (χ1v) is 14.9. The van der Waals surface area contributed by atoms with Gasteiger partial charge in [0.1, 0.15) is 11.6 Å². The third kappa shape index (κ3) is 5.15. The van der Waals surface area contributed by atoms with Gasteiger partial charge in [-0.15, -0.1) is 0 Å². The summed E-state index contributed by atoms with van der Waals surface area (Å²) in [4.78, 5) is 4.92. The molecule has 0 amide bonds. The van der Waals surface area contributed by atoms with Gasteiger partial charge in [-0.3, -0.25) is 0 Å². The van der Waals surface area contributed by atoms with E-state index in [1.807, 2.05) is 4.57 Å². The Bertz CT molecular complexity index is 1380. The van der Waals surface area contributed by atoms with Crippen LogP contribution in [0.2, 0.25) is 5.02 Å². The highest BCUT2D eigenvalue weighted by Crippen LogP contribution is 2.34. The summed E-state index contributed by atoms with van der Waals surface area (Å²) in [7, 11) is -3.64. The number of halogens is 3. The Morgan fingerprint density at radius 2 is 1.97 bits per heavy atom. The average Bonchev–Trinajstić information content (AvgIpc) is 3.49. The van der Waals surface area contributed by atoms with Gasteiger partial charge in [0.2, 0.25) is 10.0 Å². The molecule has 0 radical (unpaired) electrons. The number of ether oxygens (including phenoxy) is 1. The Hall–Kier alpha value is -1.72. The van der Waals surface area contributed by atoms with Gasteiger partial charge in [0, 0.05) is 31.0 Å². The molecule has 2 aliphatic rings. The summed E-state index contributed by atoms with van der Waals surface area (Å²) >= 11 is 7.26. The van der Waals surface area contributed by atoms with E-state index in [9.17, 15) is 17.2 Å². The lowest BCUT2D eigenvalue weighted by Gasteiger charge is -2.30. The van der Waals surface area contributed by atoms with E-state index in [1.165, 1.54) is 11.8 Å². The Balaban J connectivity index is 1.49. The van der Waals surface area contributed by atoms with E-state index in [2.05, 4.69) is 6.92 Å². The molecule has 3 aromatic rings. The number of imidazole rings is 1. The van der Waals surface area contributed by atoms with Crippen LogP contribution in [0.1, 0.15) is 38.2 Å². The largest absolute Gasteiger partial charge is 0.376 e. The minimum absolute atomic E-state index is 0.00879. The Morgan fingerprint density at radius 1 is 1.17 bits per heavy atom. The molecule has 11 heteroatoms. The highest BCUT2D eigenvalue weighted by molar-refractivity contribution is 7.98. The first-order chi connectivity index (χ1) is 17.2. The zero-order valence-electron chi connectivity index (χ0n) is 19.9. The van der Waals surface area contributed by atoms with E-state index in [1.54, 1.807) is 22.5 Å². The van der Waals surface area contributed by atoms with Gasteiger partial charge >= 0.3 is 0 Å². The van der Waals surface area contributed by atoms with E-state index in [4.69, 9.17) is 21.3 Å². The molecule has 0 spiro atoms. The Labute approximate surface area is 219 Å². The second kappa shape index (κ2) is 10.6. The van der Waals surface area contributed by atoms with Crippen molar-refractivity contribution in [2.75, 3.05) is 19.7 Å². The van der Waals surface area contributed by atoms with Crippen LogP contribution in [0.4, 0.5) is 8.78 Å². The number of hydrogen-bond donors (Lipinski definition) is 0.